The van der Waals surface area contributed by atoms with Crippen LogP contribution in [-0.4, -0.2) is 7.85 Å². The van der Waals surface area contributed by atoms with Crippen molar-refractivity contribution in [3.8, 4) is 0 Å². The Morgan fingerprint density at radius 1 is 1.09 bits per heavy atom. The van der Waals surface area contributed by atoms with Gasteiger partial charge in [0.2, 0.25) is 0 Å². The molecular weight excluding hydrogens is 131 g/mol. The van der Waals surface area contributed by atoms with Crippen LogP contribution in [0.4, 0.5) is 0 Å². The molecule has 0 atom stereocenters. The average molecular weight is 150 g/mol. The van der Waals surface area contributed by atoms with E-state index >= 15 is 0 Å². The monoisotopic (exact) mass is 150 g/mol. The van der Waals surface area contributed by atoms with Crippen LogP contribution in [0, 0.1) is 11.8 Å². The summed E-state index contributed by atoms with van der Waals surface area (Å²) >= 11 is 0. The van der Waals surface area contributed by atoms with Crippen LogP contribution >= 0.6 is 0 Å². The van der Waals surface area contributed by atoms with Gasteiger partial charge in [0.15, 0.2) is 0 Å². The summed E-state index contributed by atoms with van der Waals surface area (Å²) in [4.78, 5) is 0. The molecule has 0 unspecified atom stereocenters. The molecule has 1 saturated carbocycles. The fourth-order valence-electron chi connectivity index (χ4n) is 2.00. The molecule has 0 aromatic heterocycles. The van der Waals surface area contributed by atoms with Crippen molar-refractivity contribution in [3.05, 3.63) is 0 Å². The predicted octanol–water partition coefficient (Wildman–Crippen LogP) is 3.18. The highest BCUT2D eigenvalue weighted by Crippen LogP contribution is 2.42. The van der Waals surface area contributed by atoms with E-state index in [1.54, 1.807) is 0 Å². The fraction of sp³-hybridized carbons (Fsp3) is 1.00. The van der Waals surface area contributed by atoms with Crippen LogP contribution in [0.2, 0.25) is 5.31 Å². The van der Waals surface area contributed by atoms with Gasteiger partial charge >= 0.3 is 0 Å². The van der Waals surface area contributed by atoms with Gasteiger partial charge in [-0.15, -0.1) is 0 Å². The van der Waals surface area contributed by atoms with E-state index in [0.29, 0.717) is 0 Å². The molecule has 0 bridgehead atoms. The molecule has 0 aliphatic heterocycles. The number of hydrogen-bond donors (Lipinski definition) is 0. The largest absolute Gasteiger partial charge is 0.0742 e. The third-order valence-corrected chi connectivity index (χ3v) is 3.07. The Balaban J connectivity index is 2.39. The van der Waals surface area contributed by atoms with E-state index < -0.39 is 0 Å². The fourth-order valence-corrected chi connectivity index (χ4v) is 2.00. The standard InChI is InChI=1S/C10H19B/c1-8-4-6-9(7-5-8)10(2,3)11/h8-9H,4-7H2,1-3H3. The first-order valence-corrected chi connectivity index (χ1v) is 4.79. The minimum absolute atomic E-state index is 0.0557. The Kier molecular flexibility index (Phi) is 2.67. The molecule has 0 heterocycles. The molecule has 1 rings (SSSR count). The quantitative estimate of drug-likeness (QED) is 0.503. The molecule has 0 N–H and O–H groups in total. The van der Waals surface area contributed by atoms with Crippen molar-refractivity contribution in [3.63, 3.8) is 0 Å². The van der Waals surface area contributed by atoms with Crippen LogP contribution in [0.15, 0.2) is 0 Å². The molecule has 0 amide bonds. The summed E-state index contributed by atoms with van der Waals surface area (Å²) in [5.41, 5.74) is 0. The van der Waals surface area contributed by atoms with Gasteiger partial charge in [-0.05, 0) is 11.8 Å². The minimum Gasteiger partial charge on any atom is -0.0688 e. The Morgan fingerprint density at radius 3 is 1.91 bits per heavy atom. The van der Waals surface area contributed by atoms with Gasteiger partial charge in [-0.3, -0.25) is 0 Å². The zero-order valence-electron chi connectivity index (χ0n) is 8.06. The van der Waals surface area contributed by atoms with Gasteiger partial charge in [0.05, 0.1) is 7.85 Å². The molecule has 2 radical (unpaired) electrons. The van der Waals surface area contributed by atoms with E-state index in [2.05, 4.69) is 20.8 Å². The van der Waals surface area contributed by atoms with E-state index in [4.69, 9.17) is 7.85 Å². The van der Waals surface area contributed by atoms with Crippen LogP contribution in [0.5, 0.6) is 0 Å². The maximum Gasteiger partial charge on any atom is 0.0742 e. The summed E-state index contributed by atoms with van der Waals surface area (Å²) in [6, 6.07) is 0. The summed E-state index contributed by atoms with van der Waals surface area (Å²) in [6.07, 6.45) is 5.44. The molecule has 1 fully saturated rings. The van der Waals surface area contributed by atoms with Gasteiger partial charge < -0.3 is 0 Å². The minimum atomic E-state index is 0.0557. The van der Waals surface area contributed by atoms with Gasteiger partial charge in [-0.25, -0.2) is 0 Å². The second-order valence-corrected chi connectivity index (χ2v) is 4.78. The third kappa shape index (κ3) is 2.54. The molecule has 1 aliphatic carbocycles. The Hall–Kier alpha value is 0.0649. The van der Waals surface area contributed by atoms with Crippen LogP contribution in [-0.2, 0) is 0 Å². The molecule has 11 heavy (non-hydrogen) atoms. The molecule has 0 nitrogen and oxygen atoms in total. The Bertz CT molecular complexity index is 115. The molecule has 1 aliphatic rings. The first-order chi connectivity index (χ1) is 5.00. The second-order valence-electron chi connectivity index (χ2n) is 4.78. The van der Waals surface area contributed by atoms with Gasteiger partial charge in [-0.2, -0.15) is 0 Å². The van der Waals surface area contributed by atoms with Crippen molar-refractivity contribution in [2.45, 2.75) is 51.8 Å². The lowest BCUT2D eigenvalue weighted by molar-refractivity contribution is 0.244. The molecule has 0 saturated heterocycles. The summed E-state index contributed by atoms with van der Waals surface area (Å²) in [7, 11) is 6.06. The van der Waals surface area contributed by atoms with E-state index in [1.807, 2.05) is 0 Å². The highest BCUT2D eigenvalue weighted by Gasteiger charge is 2.27. The number of rotatable bonds is 1. The first kappa shape index (κ1) is 9.16. The summed E-state index contributed by atoms with van der Waals surface area (Å²) in [5, 5.41) is 0.0557. The van der Waals surface area contributed by atoms with Crippen LogP contribution in [0.25, 0.3) is 0 Å². The van der Waals surface area contributed by atoms with Gasteiger partial charge in [-0.1, -0.05) is 51.8 Å². The second kappa shape index (κ2) is 3.20. The topological polar surface area (TPSA) is 0 Å². The van der Waals surface area contributed by atoms with Crippen LogP contribution < -0.4 is 0 Å². The third-order valence-electron chi connectivity index (χ3n) is 3.07. The maximum absolute atomic E-state index is 6.06. The van der Waals surface area contributed by atoms with E-state index in [9.17, 15) is 0 Å². The van der Waals surface area contributed by atoms with Crippen molar-refractivity contribution in [2.75, 3.05) is 0 Å². The molecule has 62 valence electrons. The highest BCUT2D eigenvalue weighted by molar-refractivity contribution is 6.14. The lowest BCUT2D eigenvalue weighted by Gasteiger charge is -2.36. The molecular formula is C10H19B. The van der Waals surface area contributed by atoms with Gasteiger partial charge in [0.25, 0.3) is 0 Å². The normalized spacial score (nSPS) is 33.7. The van der Waals surface area contributed by atoms with E-state index in [1.165, 1.54) is 25.7 Å². The maximum atomic E-state index is 6.06. The predicted molar refractivity (Wildman–Crippen MR) is 50.9 cm³/mol. The van der Waals surface area contributed by atoms with Crippen molar-refractivity contribution < 1.29 is 0 Å². The summed E-state index contributed by atoms with van der Waals surface area (Å²) < 4.78 is 0. The van der Waals surface area contributed by atoms with Crippen molar-refractivity contribution in [1.29, 1.82) is 0 Å². The van der Waals surface area contributed by atoms with Gasteiger partial charge in [0, 0.05) is 0 Å². The lowest BCUT2D eigenvalue weighted by Crippen LogP contribution is -2.22. The molecule has 0 aromatic rings. The van der Waals surface area contributed by atoms with Crippen molar-refractivity contribution in [2.24, 2.45) is 11.8 Å². The van der Waals surface area contributed by atoms with Crippen molar-refractivity contribution >= 4 is 7.85 Å². The summed E-state index contributed by atoms with van der Waals surface area (Å²) in [6.45, 7) is 6.67. The smallest absolute Gasteiger partial charge is 0.0688 e. The van der Waals surface area contributed by atoms with Crippen LogP contribution in [0.1, 0.15) is 46.5 Å². The Morgan fingerprint density at radius 2 is 1.55 bits per heavy atom. The zero-order chi connectivity index (χ0) is 8.48. The highest BCUT2D eigenvalue weighted by atomic mass is 14.3. The first-order valence-electron chi connectivity index (χ1n) is 4.79. The van der Waals surface area contributed by atoms with Gasteiger partial charge in [0.1, 0.15) is 0 Å². The molecule has 0 spiro atoms. The van der Waals surface area contributed by atoms with Crippen molar-refractivity contribution in [1.82, 2.24) is 0 Å². The SMILES string of the molecule is [B]C(C)(C)C1CCC(C)CC1. The Labute approximate surface area is 72.2 Å². The summed E-state index contributed by atoms with van der Waals surface area (Å²) in [5.74, 6) is 1.70. The van der Waals surface area contributed by atoms with E-state index in [-0.39, 0.29) is 5.31 Å². The zero-order valence-corrected chi connectivity index (χ0v) is 8.06. The lowest BCUT2D eigenvalue weighted by atomic mass is 9.59. The van der Waals surface area contributed by atoms with Crippen LogP contribution in [0.3, 0.4) is 0 Å². The molecule has 0 aromatic carbocycles. The average Bonchev–Trinajstić information content (AvgIpc) is 1.86. The van der Waals surface area contributed by atoms with E-state index in [0.717, 1.165) is 11.8 Å². The molecule has 1 heteroatoms. The number of hydrogen-bond acceptors (Lipinski definition) is 0.